The molecule has 8 heteroatoms. The summed E-state index contributed by atoms with van der Waals surface area (Å²) in [6.07, 6.45) is 5.88. The number of carboxylic acids is 1. The summed E-state index contributed by atoms with van der Waals surface area (Å²) < 4.78 is 5.00. The van der Waals surface area contributed by atoms with E-state index >= 15 is 0 Å². The van der Waals surface area contributed by atoms with Crippen molar-refractivity contribution in [1.82, 2.24) is 0 Å². The van der Waals surface area contributed by atoms with E-state index in [1.807, 2.05) is 0 Å². The van der Waals surface area contributed by atoms with Crippen molar-refractivity contribution in [2.45, 2.75) is 18.9 Å². The molecule has 0 saturated heterocycles. The lowest BCUT2D eigenvalue weighted by Gasteiger charge is -2.05. The van der Waals surface area contributed by atoms with E-state index < -0.39 is 12.0 Å². The Balaban J connectivity index is 0. The molecule has 140 valence electrons. The monoisotopic (exact) mass is 352 g/mol. The van der Waals surface area contributed by atoms with Crippen LogP contribution in [0.1, 0.15) is 18.4 Å². The highest BCUT2D eigenvalue weighted by Crippen LogP contribution is 2.26. The molecular formula is C17H28N4O4. The number of aromatic hydroxyl groups is 1. The van der Waals surface area contributed by atoms with Crippen LogP contribution in [0.15, 0.2) is 29.3 Å². The number of allylic oxidation sites excluding steroid dienone is 1. The zero-order valence-electron chi connectivity index (χ0n) is 14.7. The van der Waals surface area contributed by atoms with Crippen molar-refractivity contribution in [3.63, 3.8) is 0 Å². The molecule has 0 saturated carbocycles. The average Bonchev–Trinajstić information content (AvgIpc) is 2.65. The number of rotatable bonds is 8. The second kappa shape index (κ2) is 16.2. The van der Waals surface area contributed by atoms with Crippen LogP contribution in [-0.2, 0) is 4.79 Å². The lowest BCUT2D eigenvalue weighted by Crippen LogP contribution is -2.19. The fourth-order valence-corrected chi connectivity index (χ4v) is 1.68. The first-order valence-electron chi connectivity index (χ1n) is 7.51. The van der Waals surface area contributed by atoms with E-state index in [1.165, 1.54) is 26.4 Å². The van der Waals surface area contributed by atoms with Crippen molar-refractivity contribution in [2.75, 3.05) is 20.7 Å². The zero-order valence-corrected chi connectivity index (χ0v) is 14.7. The van der Waals surface area contributed by atoms with E-state index in [0.717, 1.165) is 5.56 Å². The molecule has 0 fully saturated rings. The molecular weight excluding hydrogens is 324 g/mol. The molecule has 25 heavy (non-hydrogen) atoms. The Morgan fingerprint density at radius 3 is 2.60 bits per heavy atom. The van der Waals surface area contributed by atoms with Crippen LogP contribution in [0.25, 0.3) is 6.08 Å². The fraction of sp³-hybridized carbons (Fsp3) is 0.353. The minimum atomic E-state index is -0.959. The summed E-state index contributed by atoms with van der Waals surface area (Å²) >= 11 is 0. The largest absolute Gasteiger partial charge is 0.504 e. The number of phenolic OH excluding ortho intramolecular Hbond substituents is 1. The van der Waals surface area contributed by atoms with Gasteiger partial charge < -0.3 is 31.8 Å². The summed E-state index contributed by atoms with van der Waals surface area (Å²) in [4.78, 5) is 15.0. The Morgan fingerprint density at radius 1 is 1.44 bits per heavy atom. The van der Waals surface area contributed by atoms with Crippen LogP contribution in [0.4, 0.5) is 0 Å². The number of benzene rings is 1. The third-order valence-corrected chi connectivity index (χ3v) is 2.81. The van der Waals surface area contributed by atoms with Gasteiger partial charge in [-0.15, -0.1) is 0 Å². The molecule has 0 spiro atoms. The third-order valence-electron chi connectivity index (χ3n) is 2.81. The number of aliphatic imine (C=N–C) groups is 1. The fourth-order valence-electron chi connectivity index (χ4n) is 1.68. The van der Waals surface area contributed by atoms with Gasteiger partial charge >= 0.3 is 5.97 Å². The van der Waals surface area contributed by atoms with E-state index in [1.54, 1.807) is 24.3 Å². The summed E-state index contributed by atoms with van der Waals surface area (Å²) in [6.45, 7) is 2.95. The number of nitrogens with one attached hydrogen (secondary N) is 1. The van der Waals surface area contributed by atoms with Gasteiger partial charge in [0.25, 0.3) is 0 Å². The molecule has 0 aliphatic heterocycles. The van der Waals surface area contributed by atoms with Gasteiger partial charge in [-0.2, -0.15) is 0 Å². The van der Waals surface area contributed by atoms with Gasteiger partial charge in [-0.25, -0.2) is 4.79 Å². The van der Waals surface area contributed by atoms with E-state index in [-0.39, 0.29) is 5.75 Å². The van der Waals surface area contributed by atoms with E-state index in [9.17, 15) is 9.90 Å². The van der Waals surface area contributed by atoms with Crippen molar-refractivity contribution in [1.29, 1.82) is 5.41 Å². The van der Waals surface area contributed by atoms with Crippen molar-refractivity contribution in [3.05, 3.63) is 29.8 Å². The predicted molar refractivity (Wildman–Crippen MR) is 102 cm³/mol. The summed E-state index contributed by atoms with van der Waals surface area (Å²) in [6, 6.07) is 4.14. The van der Waals surface area contributed by atoms with E-state index in [4.69, 9.17) is 21.0 Å². The molecule has 1 unspecified atom stereocenters. The van der Waals surface area contributed by atoms with Gasteiger partial charge in [0.15, 0.2) is 11.5 Å². The summed E-state index contributed by atoms with van der Waals surface area (Å²) in [5, 5.41) is 24.0. The van der Waals surface area contributed by atoms with Crippen molar-refractivity contribution >= 4 is 25.0 Å². The topological polar surface area (TPSA) is 155 Å². The Hall–Kier alpha value is -2.71. The second-order valence-corrected chi connectivity index (χ2v) is 4.37. The Bertz CT molecular complexity index is 547. The average molecular weight is 352 g/mol. The maximum atomic E-state index is 11.0. The molecule has 0 heterocycles. The number of nitrogens with zero attached hydrogens (tertiary/aromatic N) is 1. The van der Waals surface area contributed by atoms with Crippen LogP contribution in [0.3, 0.4) is 0 Å². The van der Waals surface area contributed by atoms with Gasteiger partial charge in [0, 0.05) is 6.21 Å². The first-order valence-corrected chi connectivity index (χ1v) is 7.51. The SMILES string of the molecule is C=N.CN.COc1cc(/C=C/C=NC(CCCN)C(=O)O)ccc1O. The number of methoxy groups -OCH3 is 1. The Labute approximate surface area is 148 Å². The number of hydrogen-bond acceptors (Lipinski definition) is 7. The maximum absolute atomic E-state index is 11.0. The first kappa shape index (κ1) is 24.5. The highest BCUT2D eigenvalue weighted by Gasteiger charge is 2.13. The molecule has 1 rings (SSSR count). The quantitative estimate of drug-likeness (QED) is 0.447. The Morgan fingerprint density at radius 2 is 2.08 bits per heavy atom. The number of aliphatic carboxylic acids is 1. The lowest BCUT2D eigenvalue weighted by molar-refractivity contribution is -0.138. The first-order chi connectivity index (χ1) is 12.1. The van der Waals surface area contributed by atoms with Crippen molar-refractivity contribution in [3.8, 4) is 11.5 Å². The molecule has 0 aromatic heterocycles. The van der Waals surface area contributed by atoms with Crippen LogP contribution >= 0.6 is 0 Å². The van der Waals surface area contributed by atoms with Crippen LogP contribution in [-0.4, -0.2) is 55.9 Å². The molecule has 0 aliphatic carbocycles. The maximum Gasteiger partial charge on any atom is 0.328 e. The smallest absolute Gasteiger partial charge is 0.328 e. The molecule has 1 aromatic carbocycles. The van der Waals surface area contributed by atoms with Gasteiger partial charge in [-0.05, 0) is 56.9 Å². The van der Waals surface area contributed by atoms with E-state index in [0.29, 0.717) is 25.1 Å². The lowest BCUT2D eigenvalue weighted by atomic mass is 10.1. The van der Waals surface area contributed by atoms with Gasteiger partial charge in [0.05, 0.1) is 7.11 Å². The van der Waals surface area contributed by atoms with E-state index in [2.05, 4.69) is 17.4 Å². The molecule has 0 radical (unpaired) electrons. The molecule has 8 nitrogen and oxygen atoms in total. The van der Waals surface area contributed by atoms with Crippen LogP contribution in [0.5, 0.6) is 11.5 Å². The van der Waals surface area contributed by atoms with Gasteiger partial charge in [0.1, 0.15) is 6.04 Å². The van der Waals surface area contributed by atoms with Crippen LogP contribution < -0.4 is 16.2 Å². The number of ether oxygens (including phenoxy) is 1. The molecule has 1 aromatic rings. The van der Waals surface area contributed by atoms with Gasteiger partial charge in [-0.1, -0.05) is 12.1 Å². The molecule has 0 amide bonds. The standard InChI is InChI=1S/C15H20N2O4.CH5N.CH3N/c1-21-14-10-11(6-7-13(14)18)4-3-9-17-12(15(19)20)5-2-8-16;2*1-2/h3-4,6-7,9-10,12,18H,2,5,8,16H2,1H3,(H,19,20);2H2,1H3;2H,1H2/b4-3+,17-9?;;. The highest BCUT2D eigenvalue weighted by molar-refractivity contribution is 5.82. The van der Waals surface area contributed by atoms with Crippen LogP contribution in [0.2, 0.25) is 0 Å². The predicted octanol–water partition coefficient (Wildman–Crippen LogP) is 1.52. The second-order valence-electron chi connectivity index (χ2n) is 4.37. The third kappa shape index (κ3) is 10.6. The number of phenols is 1. The number of hydrogen-bond donors (Lipinski definition) is 5. The molecule has 7 N–H and O–H groups in total. The zero-order chi connectivity index (χ0) is 19.7. The summed E-state index contributed by atoms with van der Waals surface area (Å²) in [7, 11) is 2.97. The van der Waals surface area contributed by atoms with Gasteiger partial charge in [-0.3, -0.25) is 4.99 Å². The number of nitrogens with two attached hydrogens (primary N) is 2. The van der Waals surface area contributed by atoms with Crippen LogP contribution in [0, 0.1) is 5.41 Å². The highest BCUT2D eigenvalue weighted by atomic mass is 16.5. The van der Waals surface area contributed by atoms with Crippen molar-refractivity contribution < 1.29 is 19.7 Å². The normalized spacial score (nSPS) is 11.2. The van der Waals surface area contributed by atoms with Gasteiger partial charge in [0.2, 0.25) is 0 Å². The Kier molecular flexibility index (Phi) is 15.9. The number of carbonyl (C=O) groups is 1. The molecule has 1 atom stereocenters. The summed E-state index contributed by atoms with van der Waals surface area (Å²) in [5.41, 5.74) is 10.7. The number of carboxylic acid groups (broad SMARTS) is 1. The minimum Gasteiger partial charge on any atom is -0.504 e. The molecule has 0 aliphatic rings. The van der Waals surface area contributed by atoms with Crippen molar-refractivity contribution in [2.24, 2.45) is 16.5 Å². The molecule has 0 bridgehead atoms. The summed E-state index contributed by atoms with van der Waals surface area (Å²) in [5.74, 6) is -0.518. The minimum absolute atomic E-state index is 0.0658.